The zero-order valence-electron chi connectivity index (χ0n) is 16.4. The van der Waals surface area contributed by atoms with E-state index in [9.17, 15) is 4.79 Å². The highest BCUT2D eigenvalue weighted by molar-refractivity contribution is 6.02. The highest BCUT2D eigenvalue weighted by Gasteiger charge is 2.12. The van der Waals surface area contributed by atoms with E-state index >= 15 is 0 Å². The second-order valence-electron chi connectivity index (χ2n) is 6.56. The molecule has 1 atom stereocenters. The van der Waals surface area contributed by atoms with Crippen molar-refractivity contribution in [1.82, 2.24) is 5.43 Å². The smallest absolute Gasteiger partial charge is 0.262 e. The molecule has 28 heavy (non-hydrogen) atoms. The van der Waals surface area contributed by atoms with E-state index in [0.29, 0.717) is 6.61 Å². The van der Waals surface area contributed by atoms with Crippen molar-refractivity contribution in [1.29, 1.82) is 0 Å². The minimum atomic E-state index is -0.425. The number of rotatable bonds is 7. The van der Waals surface area contributed by atoms with Crippen molar-refractivity contribution in [2.75, 3.05) is 11.9 Å². The Morgan fingerprint density at radius 1 is 1.04 bits per heavy atom. The fourth-order valence-corrected chi connectivity index (χ4v) is 2.84. The maximum absolute atomic E-state index is 12.4. The number of hydrazone groups is 1. The van der Waals surface area contributed by atoms with Gasteiger partial charge in [0.2, 0.25) is 0 Å². The van der Waals surface area contributed by atoms with E-state index in [0.717, 1.165) is 28.1 Å². The fraction of sp³-hybridized carbons (Fsp3) is 0.217. The zero-order valence-corrected chi connectivity index (χ0v) is 16.4. The normalized spacial score (nSPS) is 12.5. The number of amides is 1. The molecule has 1 amide bonds. The van der Waals surface area contributed by atoms with Crippen molar-refractivity contribution in [2.45, 2.75) is 26.8 Å². The van der Waals surface area contributed by atoms with Crippen LogP contribution in [0, 0.1) is 0 Å². The van der Waals surface area contributed by atoms with Crippen LogP contribution in [-0.4, -0.2) is 24.3 Å². The molecule has 2 N–H and O–H groups in total. The van der Waals surface area contributed by atoms with Gasteiger partial charge in [-0.15, -0.1) is 0 Å². The standard InChI is InChI=1S/C23H25N3O2/c1-4-28-22-13-11-21(12-14-22)24-17(3)23(27)26-25-16(2)19-10-9-18-7-5-6-8-20(18)15-19/h5-15,17,24H,4H2,1-3H3,(H,26,27)/t17-/m0/s1. The molecule has 3 aromatic carbocycles. The molecular formula is C23H25N3O2. The molecule has 5 heteroatoms. The van der Waals surface area contributed by atoms with E-state index in [4.69, 9.17) is 4.74 Å². The monoisotopic (exact) mass is 375 g/mol. The van der Waals surface area contributed by atoms with Crippen LogP contribution in [0.15, 0.2) is 71.8 Å². The van der Waals surface area contributed by atoms with Crippen LogP contribution in [0.2, 0.25) is 0 Å². The number of fused-ring (bicyclic) bond motifs is 1. The van der Waals surface area contributed by atoms with E-state index < -0.39 is 6.04 Å². The van der Waals surface area contributed by atoms with Crippen LogP contribution in [0.1, 0.15) is 26.3 Å². The van der Waals surface area contributed by atoms with E-state index in [1.165, 1.54) is 5.39 Å². The molecular weight excluding hydrogens is 350 g/mol. The minimum Gasteiger partial charge on any atom is -0.494 e. The Kier molecular flexibility index (Phi) is 6.27. The molecule has 0 unspecified atom stereocenters. The van der Waals surface area contributed by atoms with Crippen LogP contribution in [0.3, 0.4) is 0 Å². The summed E-state index contributed by atoms with van der Waals surface area (Å²) in [6.07, 6.45) is 0. The minimum absolute atomic E-state index is 0.200. The lowest BCUT2D eigenvalue weighted by atomic mass is 10.0. The Labute approximate surface area is 165 Å². The fourth-order valence-electron chi connectivity index (χ4n) is 2.84. The third-order valence-corrected chi connectivity index (χ3v) is 4.44. The summed E-state index contributed by atoms with van der Waals surface area (Å²) in [4.78, 5) is 12.4. The largest absolute Gasteiger partial charge is 0.494 e. The Bertz CT molecular complexity index is 981. The molecule has 144 valence electrons. The summed E-state index contributed by atoms with van der Waals surface area (Å²) in [6, 6.07) is 21.4. The van der Waals surface area contributed by atoms with Crippen molar-refractivity contribution in [3.05, 3.63) is 72.3 Å². The highest BCUT2D eigenvalue weighted by Crippen LogP contribution is 2.17. The first-order valence-corrected chi connectivity index (χ1v) is 9.39. The molecule has 0 aliphatic carbocycles. The summed E-state index contributed by atoms with van der Waals surface area (Å²) in [6.45, 7) is 6.25. The average Bonchev–Trinajstić information content (AvgIpc) is 2.73. The first kappa shape index (κ1) is 19.4. The molecule has 0 saturated heterocycles. The third kappa shape index (κ3) is 4.88. The van der Waals surface area contributed by atoms with Crippen molar-refractivity contribution in [2.24, 2.45) is 5.10 Å². The van der Waals surface area contributed by atoms with Gasteiger partial charge >= 0.3 is 0 Å². The predicted octanol–water partition coefficient (Wildman–Crippen LogP) is 4.58. The number of benzene rings is 3. The quantitative estimate of drug-likeness (QED) is 0.469. The van der Waals surface area contributed by atoms with Crippen molar-refractivity contribution < 1.29 is 9.53 Å². The second kappa shape index (κ2) is 9.04. The summed E-state index contributed by atoms with van der Waals surface area (Å²) >= 11 is 0. The summed E-state index contributed by atoms with van der Waals surface area (Å²) in [5, 5.41) is 9.74. The number of hydrogen-bond acceptors (Lipinski definition) is 4. The predicted molar refractivity (Wildman–Crippen MR) is 115 cm³/mol. The van der Waals surface area contributed by atoms with Gasteiger partial charge in [0.1, 0.15) is 11.8 Å². The molecule has 0 aliphatic heterocycles. The number of carbonyl (C=O) groups excluding carboxylic acids is 1. The zero-order chi connectivity index (χ0) is 19.9. The van der Waals surface area contributed by atoms with Crippen molar-refractivity contribution in [3.8, 4) is 5.75 Å². The molecule has 0 bridgehead atoms. The van der Waals surface area contributed by atoms with Crippen LogP contribution < -0.4 is 15.5 Å². The summed E-state index contributed by atoms with van der Waals surface area (Å²) in [5.74, 6) is 0.606. The third-order valence-electron chi connectivity index (χ3n) is 4.44. The summed E-state index contributed by atoms with van der Waals surface area (Å²) in [5.41, 5.74) is 5.23. The van der Waals surface area contributed by atoms with Gasteiger partial charge in [-0.2, -0.15) is 5.10 Å². The lowest BCUT2D eigenvalue weighted by Crippen LogP contribution is -2.35. The first-order chi connectivity index (χ1) is 13.6. The Morgan fingerprint density at radius 2 is 1.75 bits per heavy atom. The van der Waals surface area contributed by atoms with Crippen LogP contribution >= 0.6 is 0 Å². The van der Waals surface area contributed by atoms with Gasteiger partial charge in [-0.3, -0.25) is 4.79 Å². The molecule has 0 saturated carbocycles. The van der Waals surface area contributed by atoms with Gasteiger partial charge in [-0.05, 0) is 67.4 Å². The molecule has 0 radical (unpaired) electrons. The molecule has 0 heterocycles. The van der Waals surface area contributed by atoms with Gasteiger partial charge in [0.05, 0.1) is 12.3 Å². The van der Waals surface area contributed by atoms with Gasteiger partial charge in [0.15, 0.2) is 0 Å². The Morgan fingerprint density at radius 3 is 2.46 bits per heavy atom. The number of nitrogens with zero attached hydrogens (tertiary/aromatic N) is 1. The molecule has 0 fully saturated rings. The van der Waals surface area contributed by atoms with Crippen molar-refractivity contribution >= 4 is 28.1 Å². The van der Waals surface area contributed by atoms with E-state index in [1.807, 2.05) is 56.3 Å². The lowest BCUT2D eigenvalue weighted by molar-refractivity contribution is -0.121. The molecule has 3 aromatic rings. The first-order valence-electron chi connectivity index (χ1n) is 9.39. The highest BCUT2D eigenvalue weighted by atomic mass is 16.5. The molecule has 3 rings (SSSR count). The second-order valence-corrected chi connectivity index (χ2v) is 6.56. The average molecular weight is 375 g/mol. The van der Waals surface area contributed by atoms with Gasteiger partial charge in [0, 0.05) is 5.69 Å². The van der Waals surface area contributed by atoms with Crippen LogP contribution in [0.5, 0.6) is 5.75 Å². The summed E-state index contributed by atoms with van der Waals surface area (Å²) < 4.78 is 5.42. The maximum Gasteiger partial charge on any atom is 0.262 e. The summed E-state index contributed by atoms with van der Waals surface area (Å²) in [7, 11) is 0. The van der Waals surface area contributed by atoms with Gasteiger partial charge in [-0.1, -0.05) is 36.4 Å². The molecule has 0 aromatic heterocycles. The van der Waals surface area contributed by atoms with Crippen LogP contribution in [-0.2, 0) is 4.79 Å². The van der Waals surface area contributed by atoms with Crippen molar-refractivity contribution in [3.63, 3.8) is 0 Å². The van der Waals surface area contributed by atoms with Crippen LogP contribution in [0.25, 0.3) is 10.8 Å². The van der Waals surface area contributed by atoms with Gasteiger partial charge in [0.25, 0.3) is 5.91 Å². The lowest BCUT2D eigenvalue weighted by Gasteiger charge is -2.14. The van der Waals surface area contributed by atoms with E-state index in [2.05, 4.69) is 40.1 Å². The molecule has 0 aliphatic rings. The number of carbonyl (C=O) groups is 1. The molecule has 0 spiro atoms. The van der Waals surface area contributed by atoms with E-state index in [1.54, 1.807) is 6.92 Å². The molecule has 5 nitrogen and oxygen atoms in total. The van der Waals surface area contributed by atoms with Gasteiger partial charge < -0.3 is 10.1 Å². The Hall–Kier alpha value is -3.34. The van der Waals surface area contributed by atoms with Gasteiger partial charge in [-0.25, -0.2) is 5.43 Å². The maximum atomic E-state index is 12.4. The topological polar surface area (TPSA) is 62.7 Å². The SMILES string of the molecule is CCOc1ccc(N[C@@H](C)C(=O)NN=C(C)c2ccc3ccccc3c2)cc1. The van der Waals surface area contributed by atoms with Crippen LogP contribution in [0.4, 0.5) is 5.69 Å². The number of ether oxygens (including phenoxy) is 1. The number of nitrogens with one attached hydrogen (secondary N) is 2. The number of anilines is 1. The Balaban J connectivity index is 1.60. The number of hydrogen-bond donors (Lipinski definition) is 2. The van der Waals surface area contributed by atoms with E-state index in [-0.39, 0.29) is 5.91 Å².